The van der Waals surface area contributed by atoms with Crippen molar-refractivity contribution < 1.29 is 4.79 Å². The zero-order valence-electron chi connectivity index (χ0n) is 33.2. The lowest BCUT2D eigenvalue weighted by molar-refractivity contribution is 0.103. The summed E-state index contributed by atoms with van der Waals surface area (Å²) in [7, 11) is 0. The van der Waals surface area contributed by atoms with Crippen LogP contribution in [0.4, 0.5) is 17.1 Å². The molecular formula is C53H46N2O. The Hall–Kier alpha value is -6.19. The lowest BCUT2D eigenvalue weighted by atomic mass is 9.68. The van der Waals surface area contributed by atoms with Crippen molar-refractivity contribution >= 4 is 44.7 Å². The molecule has 8 aromatic rings. The van der Waals surface area contributed by atoms with Crippen LogP contribution in [-0.2, 0) is 16.2 Å². The van der Waals surface area contributed by atoms with Gasteiger partial charge in [-0.3, -0.25) is 4.79 Å². The Balaban J connectivity index is 1.11. The van der Waals surface area contributed by atoms with Crippen LogP contribution in [0.1, 0.15) is 92.2 Å². The molecule has 10 rings (SSSR count). The number of para-hydroxylation sites is 2. The molecule has 3 heteroatoms. The van der Waals surface area contributed by atoms with Crippen LogP contribution in [0.3, 0.4) is 0 Å². The van der Waals surface area contributed by atoms with Crippen LogP contribution in [0.15, 0.2) is 152 Å². The summed E-state index contributed by atoms with van der Waals surface area (Å²) in [5, 5.41) is 2.48. The first kappa shape index (κ1) is 34.3. The standard InChI is InChI=1S/C53H46N2O/c1-51(2,3)35-23-28-46-40(31-35)41-32-37(55-48-18-12-10-16-43(48)53(6,7)44-17-11-13-19-49(44)55)26-29-47(41)54(46)36-24-20-33(21-25-36)34-22-27-39-45(30-34)52(4,5)42-15-9-8-14-38(42)50(39)56/h8-32H,1-7H3. The number of benzene rings is 7. The van der Waals surface area contributed by atoms with Gasteiger partial charge in [0.2, 0.25) is 0 Å². The zero-order chi connectivity index (χ0) is 38.7. The summed E-state index contributed by atoms with van der Waals surface area (Å²) in [6, 6.07) is 55.1. The number of rotatable bonds is 3. The Morgan fingerprint density at radius 1 is 0.464 bits per heavy atom. The fourth-order valence-corrected chi connectivity index (χ4v) is 9.60. The predicted octanol–water partition coefficient (Wildman–Crippen LogP) is 13.7. The van der Waals surface area contributed by atoms with Crippen molar-refractivity contribution in [3.8, 4) is 16.8 Å². The Morgan fingerprint density at radius 3 is 1.64 bits per heavy atom. The summed E-state index contributed by atoms with van der Waals surface area (Å²) in [5.41, 5.74) is 16.7. The van der Waals surface area contributed by atoms with Crippen molar-refractivity contribution in [1.29, 1.82) is 0 Å². The van der Waals surface area contributed by atoms with E-state index >= 15 is 0 Å². The third-order valence-electron chi connectivity index (χ3n) is 12.8. The Morgan fingerprint density at radius 2 is 0.982 bits per heavy atom. The van der Waals surface area contributed by atoms with Crippen LogP contribution in [0.5, 0.6) is 0 Å². The molecule has 0 N–H and O–H groups in total. The first-order chi connectivity index (χ1) is 26.8. The quantitative estimate of drug-likeness (QED) is 0.181. The summed E-state index contributed by atoms with van der Waals surface area (Å²) in [6.45, 7) is 16.0. The molecule has 0 spiro atoms. The number of carbonyl (C=O) groups excluding carboxylic acids is 1. The molecule has 0 unspecified atom stereocenters. The molecule has 0 amide bonds. The van der Waals surface area contributed by atoms with Crippen molar-refractivity contribution in [2.24, 2.45) is 0 Å². The number of hydrogen-bond acceptors (Lipinski definition) is 2. The second-order valence-corrected chi connectivity index (χ2v) is 17.8. The van der Waals surface area contributed by atoms with E-state index in [2.05, 4.69) is 185 Å². The minimum Gasteiger partial charge on any atom is -0.310 e. The van der Waals surface area contributed by atoms with E-state index in [4.69, 9.17) is 0 Å². The maximum atomic E-state index is 13.5. The van der Waals surface area contributed by atoms with E-state index in [-0.39, 0.29) is 22.0 Å². The largest absolute Gasteiger partial charge is 0.310 e. The van der Waals surface area contributed by atoms with E-state index in [1.165, 1.54) is 49.9 Å². The van der Waals surface area contributed by atoms with Gasteiger partial charge in [0.25, 0.3) is 0 Å². The van der Waals surface area contributed by atoms with Gasteiger partial charge < -0.3 is 9.47 Å². The van der Waals surface area contributed by atoms with Crippen LogP contribution >= 0.6 is 0 Å². The van der Waals surface area contributed by atoms with Crippen molar-refractivity contribution in [3.63, 3.8) is 0 Å². The predicted molar refractivity (Wildman–Crippen MR) is 234 cm³/mol. The van der Waals surface area contributed by atoms with Gasteiger partial charge in [-0.25, -0.2) is 0 Å². The van der Waals surface area contributed by atoms with Gasteiger partial charge in [-0.1, -0.05) is 139 Å². The number of nitrogens with zero attached hydrogens (tertiary/aromatic N) is 2. The third kappa shape index (κ3) is 4.93. The summed E-state index contributed by atoms with van der Waals surface area (Å²) in [4.78, 5) is 16.0. The molecule has 0 bridgehead atoms. The highest BCUT2D eigenvalue weighted by molar-refractivity contribution is 6.14. The molecule has 1 aliphatic carbocycles. The van der Waals surface area contributed by atoms with Crippen LogP contribution in [0, 0.1) is 0 Å². The molecule has 0 atom stereocenters. The van der Waals surface area contributed by atoms with Crippen LogP contribution in [0.25, 0.3) is 38.6 Å². The van der Waals surface area contributed by atoms with Gasteiger partial charge in [-0.05, 0) is 105 Å². The average molecular weight is 727 g/mol. The monoisotopic (exact) mass is 726 g/mol. The highest BCUT2D eigenvalue weighted by Crippen LogP contribution is 2.52. The molecular weight excluding hydrogens is 681 g/mol. The molecule has 2 aliphatic rings. The van der Waals surface area contributed by atoms with Crippen LogP contribution in [0.2, 0.25) is 0 Å². The molecule has 1 aliphatic heterocycles. The average Bonchev–Trinajstić information content (AvgIpc) is 3.53. The van der Waals surface area contributed by atoms with E-state index < -0.39 is 0 Å². The lowest BCUT2D eigenvalue weighted by Crippen LogP contribution is -2.30. The van der Waals surface area contributed by atoms with Gasteiger partial charge in [-0.2, -0.15) is 0 Å². The zero-order valence-corrected chi connectivity index (χ0v) is 33.2. The molecule has 0 radical (unpaired) electrons. The normalized spacial score (nSPS) is 15.3. The van der Waals surface area contributed by atoms with Crippen molar-refractivity contribution in [2.75, 3.05) is 4.90 Å². The number of fused-ring (bicyclic) bond motifs is 7. The molecule has 3 nitrogen and oxygen atoms in total. The SMILES string of the molecule is CC(C)(C)c1ccc2c(c1)c1cc(N3c4ccccc4C(C)(C)c4ccccc43)ccc1n2-c1ccc(-c2ccc3c(c2)C(C)(C)c2ccccc2C3=O)cc1. The molecule has 0 saturated carbocycles. The maximum Gasteiger partial charge on any atom is 0.193 e. The van der Waals surface area contributed by atoms with Gasteiger partial charge in [0, 0.05) is 44.1 Å². The third-order valence-corrected chi connectivity index (χ3v) is 12.8. The van der Waals surface area contributed by atoms with E-state index in [1.54, 1.807) is 0 Å². The number of carbonyl (C=O) groups is 1. The first-order valence-corrected chi connectivity index (χ1v) is 19.8. The minimum absolute atomic E-state index is 0.00827. The molecule has 274 valence electrons. The number of anilines is 3. The van der Waals surface area contributed by atoms with Crippen molar-refractivity contribution in [2.45, 2.75) is 64.7 Å². The van der Waals surface area contributed by atoms with Crippen LogP contribution in [-0.4, -0.2) is 10.4 Å². The molecule has 0 saturated heterocycles. The van der Waals surface area contributed by atoms with Gasteiger partial charge in [0.05, 0.1) is 22.4 Å². The summed E-state index contributed by atoms with van der Waals surface area (Å²) in [5.74, 6) is 0.110. The van der Waals surface area contributed by atoms with Gasteiger partial charge in [0.1, 0.15) is 0 Å². The first-order valence-electron chi connectivity index (χ1n) is 19.8. The Kier molecular flexibility index (Phi) is 7.29. The van der Waals surface area contributed by atoms with Gasteiger partial charge in [0.15, 0.2) is 5.78 Å². The van der Waals surface area contributed by atoms with E-state index in [9.17, 15) is 4.79 Å². The highest BCUT2D eigenvalue weighted by Gasteiger charge is 2.38. The van der Waals surface area contributed by atoms with Gasteiger partial charge in [-0.15, -0.1) is 0 Å². The van der Waals surface area contributed by atoms with Gasteiger partial charge >= 0.3 is 0 Å². The number of hydrogen-bond donors (Lipinski definition) is 0. The second kappa shape index (κ2) is 11.9. The fourth-order valence-electron chi connectivity index (χ4n) is 9.60. The van der Waals surface area contributed by atoms with E-state index in [0.717, 1.165) is 44.8 Å². The Bertz CT molecular complexity index is 2870. The molecule has 2 heterocycles. The summed E-state index contributed by atoms with van der Waals surface area (Å²) in [6.07, 6.45) is 0. The number of aromatic nitrogens is 1. The Labute approximate surface area is 329 Å². The maximum absolute atomic E-state index is 13.5. The fraction of sp³-hybridized carbons (Fsp3) is 0.189. The lowest BCUT2D eigenvalue weighted by Gasteiger charge is -2.42. The summed E-state index contributed by atoms with van der Waals surface area (Å²) < 4.78 is 2.41. The molecule has 56 heavy (non-hydrogen) atoms. The van der Waals surface area contributed by atoms with E-state index in [0.29, 0.717) is 0 Å². The van der Waals surface area contributed by atoms with Crippen molar-refractivity contribution in [3.05, 3.63) is 191 Å². The topological polar surface area (TPSA) is 25.2 Å². The molecule has 0 fully saturated rings. The van der Waals surface area contributed by atoms with Crippen LogP contribution < -0.4 is 4.90 Å². The van der Waals surface area contributed by atoms with Crippen molar-refractivity contribution in [1.82, 2.24) is 4.57 Å². The molecule has 7 aromatic carbocycles. The second-order valence-electron chi connectivity index (χ2n) is 17.8. The minimum atomic E-state index is -0.280. The molecule has 1 aromatic heterocycles. The van der Waals surface area contributed by atoms with E-state index in [1.807, 2.05) is 24.3 Å². The highest BCUT2D eigenvalue weighted by atomic mass is 16.1. The summed E-state index contributed by atoms with van der Waals surface area (Å²) >= 11 is 0. The smallest absolute Gasteiger partial charge is 0.193 e. The number of ketones is 1.